The minimum Gasteiger partial charge on any atom is -0.394 e. The fraction of sp³-hybridized carbons (Fsp3) is 0.812. The fourth-order valence-corrected chi connectivity index (χ4v) is 1.86. The maximum Gasteiger partial charge on any atom is 0.234 e. The first-order chi connectivity index (χ1) is 12.1. The van der Waals surface area contributed by atoms with Gasteiger partial charge in [-0.3, -0.25) is 19.3 Å². The number of carbonyl (C=O) groups excluding carboxylic acids is 3. The summed E-state index contributed by atoms with van der Waals surface area (Å²) in [6.45, 7) is 2.62. The van der Waals surface area contributed by atoms with Gasteiger partial charge in [0, 0.05) is 5.41 Å². The van der Waals surface area contributed by atoms with Gasteiger partial charge < -0.3 is 31.1 Å². The van der Waals surface area contributed by atoms with Crippen LogP contribution in [0.15, 0.2) is 0 Å². The highest BCUT2D eigenvalue weighted by Crippen LogP contribution is 2.15. The summed E-state index contributed by atoms with van der Waals surface area (Å²) in [5, 5.41) is 40.8. The number of amides is 2. The van der Waals surface area contributed by atoms with E-state index >= 15 is 0 Å². The summed E-state index contributed by atoms with van der Waals surface area (Å²) >= 11 is 0. The molecule has 0 radical (unpaired) electrons. The second kappa shape index (κ2) is 11.9. The van der Waals surface area contributed by atoms with Crippen LogP contribution in [0.4, 0.5) is 0 Å². The Bertz CT molecular complexity index is 429. The quantitative estimate of drug-likeness (QED) is 0.208. The summed E-state index contributed by atoms with van der Waals surface area (Å²) in [7, 11) is 0. The standard InChI is InChI=1S/C16H31N3O7/c1-16(2,3)13(24)4-19(5-14(25)17-11(7-20)8-21)6-15(26)18-12(9-22)10-23/h11-12,20-23H,4-10H2,1-3H3,(H,17,25)(H,18,26). The molecule has 0 bridgehead atoms. The molecule has 6 N–H and O–H groups in total. The molecule has 0 aliphatic rings. The second-order valence-corrected chi connectivity index (χ2v) is 7.08. The lowest BCUT2D eigenvalue weighted by atomic mass is 9.90. The maximum absolute atomic E-state index is 12.2. The Kier molecular flexibility index (Phi) is 11.2. The first kappa shape index (κ1) is 24.4. The average molecular weight is 377 g/mol. The Morgan fingerprint density at radius 2 is 1.12 bits per heavy atom. The summed E-state index contributed by atoms with van der Waals surface area (Å²) in [6.07, 6.45) is 0. The fourth-order valence-electron chi connectivity index (χ4n) is 1.86. The lowest BCUT2D eigenvalue weighted by Crippen LogP contribution is -2.51. The van der Waals surface area contributed by atoms with Crippen molar-refractivity contribution in [2.45, 2.75) is 32.9 Å². The molecule has 0 saturated carbocycles. The van der Waals surface area contributed by atoms with Crippen molar-refractivity contribution in [1.29, 1.82) is 0 Å². The van der Waals surface area contributed by atoms with Crippen molar-refractivity contribution < 1.29 is 34.8 Å². The molecule has 0 aromatic heterocycles. The Morgan fingerprint density at radius 3 is 1.38 bits per heavy atom. The Morgan fingerprint density at radius 1 is 0.769 bits per heavy atom. The van der Waals surface area contributed by atoms with Crippen LogP contribution in [0.2, 0.25) is 0 Å². The van der Waals surface area contributed by atoms with Crippen molar-refractivity contribution >= 4 is 17.6 Å². The van der Waals surface area contributed by atoms with Crippen LogP contribution < -0.4 is 10.6 Å². The van der Waals surface area contributed by atoms with E-state index in [1.54, 1.807) is 20.8 Å². The number of nitrogens with zero attached hydrogens (tertiary/aromatic N) is 1. The molecular formula is C16H31N3O7. The van der Waals surface area contributed by atoms with Gasteiger partial charge in [0.2, 0.25) is 11.8 Å². The number of hydrogen-bond donors (Lipinski definition) is 6. The van der Waals surface area contributed by atoms with E-state index in [9.17, 15) is 14.4 Å². The second-order valence-electron chi connectivity index (χ2n) is 7.08. The van der Waals surface area contributed by atoms with E-state index in [-0.39, 0.29) is 25.4 Å². The smallest absolute Gasteiger partial charge is 0.234 e. The lowest BCUT2D eigenvalue weighted by Gasteiger charge is -2.26. The monoisotopic (exact) mass is 377 g/mol. The normalized spacial score (nSPS) is 11.9. The molecule has 0 aromatic rings. The van der Waals surface area contributed by atoms with Crippen LogP contribution >= 0.6 is 0 Å². The maximum atomic E-state index is 12.2. The summed E-state index contributed by atoms with van der Waals surface area (Å²) in [5.41, 5.74) is -0.664. The molecule has 0 saturated heterocycles. The van der Waals surface area contributed by atoms with Gasteiger partial charge >= 0.3 is 0 Å². The van der Waals surface area contributed by atoms with Gasteiger partial charge in [0.25, 0.3) is 0 Å². The topological polar surface area (TPSA) is 159 Å². The molecule has 0 fully saturated rings. The van der Waals surface area contributed by atoms with Crippen LogP contribution in [0.1, 0.15) is 20.8 Å². The number of nitrogens with one attached hydrogen (secondary N) is 2. The van der Waals surface area contributed by atoms with Crippen LogP contribution in [-0.2, 0) is 14.4 Å². The van der Waals surface area contributed by atoms with Gasteiger partial charge in [-0.05, 0) is 0 Å². The highest BCUT2D eigenvalue weighted by atomic mass is 16.3. The van der Waals surface area contributed by atoms with Crippen molar-refractivity contribution in [1.82, 2.24) is 15.5 Å². The van der Waals surface area contributed by atoms with Crippen LogP contribution in [0.5, 0.6) is 0 Å². The summed E-state index contributed by atoms with van der Waals surface area (Å²) in [5.74, 6) is -1.30. The van der Waals surface area contributed by atoms with Gasteiger partial charge in [-0.2, -0.15) is 0 Å². The molecule has 0 aromatic carbocycles. The van der Waals surface area contributed by atoms with Crippen LogP contribution in [0.3, 0.4) is 0 Å². The third kappa shape index (κ3) is 9.78. The third-order valence-electron chi connectivity index (χ3n) is 3.55. The van der Waals surface area contributed by atoms with Crippen LogP contribution in [-0.4, -0.2) is 101 Å². The van der Waals surface area contributed by atoms with E-state index in [2.05, 4.69) is 10.6 Å². The van der Waals surface area contributed by atoms with E-state index in [4.69, 9.17) is 20.4 Å². The van der Waals surface area contributed by atoms with E-state index < -0.39 is 55.7 Å². The van der Waals surface area contributed by atoms with E-state index in [0.717, 1.165) is 0 Å². The highest BCUT2D eigenvalue weighted by molar-refractivity contribution is 5.87. The van der Waals surface area contributed by atoms with Crippen LogP contribution in [0.25, 0.3) is 0 Å². The van der Waals surface area contributed by atoms with Crippen LogP contribution in [0, 0.1) is 5.41 Å². The number of carbonyl (C=O) groups is 3. The van der Waals surface area contributed by atoms with Crippen molar-refractivity contribution in [3.05, 3.63) is 0 Å². The molecule has 10 heteroatoms. The number of aliphatic hydroxyl groups excluding tert-OH is 4. The number of aliphatic hydroxyl groups is 4. The van der Waals surface area contributed by atoms with Crippen molar-refractivity contribution in [3.63, 3.8) is 0 Å². The van der Waals surface area contributed by atoms with Gasteiger partial charge in [-0.15, -0.1) is 0 Å². The van der Waals surface area contributed by atoms with Gasteiger partial charge in [-0.25, -0.2) is 0 Å². The lowest BCUT2D eigenvalue weighted by molar-refractivity contribution is -0.131. The molecule has 0 aliphatic carbocycles. The minimum absolute atomic E-state index is 0.157. The Hall–Kier alpha value is -1.59. The highest BCUT2D eigenvalue weighted by Gasteiger charge is 2.26. The summed E-state index contributed by atoms with van der Waals surface area (Å²) in [6, 6.07) is -1.66. The predicted molar refractivity (Wildman–Crippen MR) is 93.1 cm³/mol. The zero-order valence-corrected chi connectivity index (χ0v) is 15.6. The molecular weight excluding hydrogens is 346 g/mol. The van der Waals surface area contributed by atoms with E-state index in [1.165, 1.54) is 4.90 Å². The molecule has 0 spiro atoms. The van der Waals surface area contributed by atoms with Gasteiger partial charge in [0.15, 0.2) is 5.78 Å². The number of ketones is 1. The molecule has 10 nitrogen and oxygen atoms in total. The predicted octanol–water partition coefficient (Wildman–Crippen LogP) is -3.16. The molecule has 0 atom stereocenters. The molecule has 0 unspecified atom stereocenters. The zero-order chi connectivity index (χ0) is 20.3. The number of hydrogen-bond acceptors (Lipinski definition) is 8. The molecule has 26 heavy (non-hydrogen) atoms. The van der Waals surface area contributed by atoms with Gasteiger partial charge in [-0.1, -0.05) is 20.8 Å². The van der Waals surface area contributed by atoms with Gasteiger partial charge in [0.1, 0.15) is 0 Å². The largest absolute Gasteiger partial charge is 0.394 e. The molecule has 0 aliphatic heterocycles. The summed E-state index contributed by atoms with van der Waals surface area (Å²) in [4.78, 5) is 37.6. The first-order valence-corrected chi connectivity index (χ1v) is 8.35. The summed E-state index contributed by atoms with van der Waals surface area (Å²) < 4.78 is 0. The number of Topliss-reactive ketones (excluding diaryl/α,β-unsaturated/α-hetero) is 1. The Balaban J connectivity index is 4.97. The van der Waals surface area contributed by atoms with E-state index in [1.807, 2.05) is 0 Å². The average Bonchev–Trinajstić information content (AvgIpc) is 2.56. The molecule has 2 amide bonds. The van der Waals surface area contributed by atoms with Gasteiger partial charge in [0.05, 0.1) is 58.1 Å². The number of rotatable bonds is 12. The third-order valence-corrected chi connectivity index (χ3v) is 3.55. The molecule has 152 valence electrons. The van der Waals surface area contributed by atoms with Crippen molar-refractivity contribution in [2.75, 3.05) is 46.1 Å². The molecule has 0 heterocycles. The van der Waals surface area contributed by atoms with Crippen molar-refractivity contribution in [2.24, 2.45) is 5.41 Å². The minimum atomic E-state index is -0.829. The SMILES string of the molecule is CC(C)(C)C(=O)CN(CC(=O)NC(CO)CO)CC(=O)NC(CO)CO. The van der Waals surface area contributed by atoms with E-state index in [0.29, 0.717) is 0 Å². The zero-order valence-electron chi connectivity index (χ0n) is 15.6. The molecule has 0 rings (SSSR count). The first-order valence-electron chi connectivity index (χ1n) is 8.35. The van der Waals surface area contributed by atoms with Crippen molar-refractivity contribution in [3.8, 4) is 0 Å². The Labute approximate surface area is 153 Å².